The van der Waals surface area contributed by atoms with Gasteiger partial charge in [-0.05, 0) is 11.8 Å². The van der Waals surface area contributed by atoms with Crippen molar-refractivity contribution in [1.29, 1.82) is 0 Å². The number of hydrogen-bond donors (Lipinski definition) is 0. The summed E-state index contributed by atoms with van der Waals surface area (Å²) in [4.78, 5) is 0. The van der Waals surface area contributed by atoms with Gasteiger partial charge in [0.1, 0.15) is 0 Å². The molecule has 1 aromatic rings. The summed E-state index contributed by atoms with van der Waals surface area (Å²) in [5, 5.41) is 8.34. The van der Waals surface area contributed by atoms with E-state index in [1.165, 1.54) is 5.92 Å². The Labute approximate surface area is 131 Å². The third-order valence-electron chi connectivity index (χ3n) is 2.90. The summed E-state index contributed by atoms with van der Waals surface area (Å²) >= 11 is 0. The van der Waals surface area contributed by atoms with Crippen molar-refractivity contribution < 1.29 is 18.6 Å². The van der Waals surface area contributed by atoms with Gasteiger partial charge in [-0.2, -0.15) is 13.8 Å². The first kappa shape index (κ1) is 21.0. The summed E-state index contributed by atoms with van der Waals surface area (Å²) in [7, 11) is 0. The molecule has 0 aliphatic carbocycles. The Morgan fingerprint density at radius 1 is 1.11 bits per heavy atom. The van der Waals surface area contributed by atoms with Crippen molar-refractivity contribution in [2.24, 2.45) is 5.92 Å². The van der Waals surface area contributed by atoms with Crippen molar-refractivity contribution in [3.8, 4) is 0 Å². The third kappa shape index (κ3) is 7.17. The average molecular weight is 303 g/mol. The zero-order valence-electron chi connectivity index (χ0n) is 14.0. The summed E-state index contributed by atoms with van der Waals surface area (Å²) in [6.07, 6.45) is 2.04. The molecule has 1 aromatic heterocycles. The van der Waals surface area contributed by atoms with Crippen LogP contribution < -0.4 is 0 Å². The fraction of sp³-hybridized carbons (Fsp3) is 0.800. The molecule has 19 heavy (non-hydrogen) atoms. The molecule has 0 bridgehead atoms. The molecular weight excluding hydrogens is 273 g/mol. The van der Waals surface area contributed by atoms with Crippen molar-refractivity contribution in [3.05, 3.63) is 17.8 Å². The zero-order valence-corrected chi connectivity index (χ0v) is 15.4. The van der Waals surface area contributed by atoms with Gasteiger partial charge in [0.05, 0.1) is 5.69 Å². The quantitative estimate of drug-likeness (QED) is 0.774. The van der Waals surface area contributed by atoms with E-state index >= 15 is 0 Å². The van der Waals surface area contributed by atoms with Crippen molar-refractivity contribution in [2.45, 2.75) is 73.8 Å². The maximum atomic E-state index is 4.18. The minimum Gasteiger partial charge on any atom is -0.293 e. The Balaban J connectivity index is 0. The normalized spacial score (nSPS) is 11.4. The molecule has 1 heterocycles. The maximum Gasteiger partial charge on any atom is 0.0851 e. The van der Waals surface area contributed by atoms with E-state index in [9.17, 15) is 0 Å². The second-order valence-corrected chi connectivity index (χ2v) is 6.53. The van der Waals surface area contributed by atoms with Gasteiger partial charge in [0.15, 0.2) is 0 Å². The standard InChI is InChI=1S/C11H20N3.C4H10.V/c1-8(2)10-7-14(13-12-10)11(5,6)9(3)4;1-4(2)3;/h7-8H,1-6H3;4H,1-3H3;/q-1;;. The summed E-state index contributed by atoms with van der Waals surface area (Å²) in [6, 6.07) is 0. The third-order valence-corrected chi connectivity index (χ3v) is 2.90. The van der Waals surface area contributed by atoms with Crippen LogP contribution in [-0.4, -0.2) is 15.0 Å². The molecule has 0 aliphatic heterocycles. The molecule has 1 rings (SSSR count). The van der Waals surface area contributed by atoms with Crippen LogP contribution in [0.15, 0.2) is 6.20 Å². The van der Waals surface area contributed by atoms with E-state index in [1.54, 1.807) is 0 Å². The van der Waals surface area contributed by atoms with Crippen LogP contribution in [0.1, 0.15) is 73.9 Å². The van der Waals surface area contributed by atoms with Crippen molar-refractivity contribution in [3.63, 3.8) is 0 Å². The second-order valence-electron chi connectivity index (χ2n) is 6.53. The Hall–Kier alpha value is -0.276. The molecule has 0 aliphatic rings. The van der Waals surface area contributed by atoms with E-state index < -0.39 is 0 Å². The largest absolute Gasteiger partial charge is 0.293 e. The van der Waals surface area contributed by atoms with Gasteiger partial charge in [0.25, 0.3) is 0 Å². The monoisotopic (exact) mass is 303 g/mol. The molecule has 0 atom stereocenters. The molecule has 4 heteroatoms. The summed E-state index contributed by atoms with van der Waals surface area (Å²) in [5.41, 5.74) is 1.01. The van der Waals surface area contributed by atoms with Gasteiger partial charge in [-0.3, -0.25) is 10.6 Å². The van der Waals surface area contributed by atoms with Gasteiger partial charge < -0.3 is 0 Å². The molecule has 0 spiro atoms. The van der Waals surface area contributed by atoms with Crippen LogP contribution in [-0.2, 0) is 24.1 Å². The van der Waals surface area contributed by atoms with E-state index in [2.05, 4.69) is 72.6 Å². The molecule has 3 nitrogen and oxygen atoms in total. The maximum absolute atomic E-state index is 4.18. The Morgan fingerprint density at radius 3 is 1.79 bits per heavy atom. The van der Waals surface area contributed by atoms with Crippen LogP contribution in [0.5, 0.6) is 0 Å². The van der Waals surface area contributed by atoms with Crippen LogP contribution in [0.4, 0.5) is 0 Å². The molecule has 0 unspecified atom stereocenters. The van der Waals surface area contributed by atoms with Gasteiger partial charge in [-0.15, -0.1) is 5.10 Å². The average Bonchev–Trinajstić information content (AvgIpc) is 2.65. The molecule has 0 fully saturated rings. The molecule has 111 valence electrons. The van der Waals surface area contributed by atoms with Gasteiger partial charge in [0.2, 0.25) is 0 Å². The van der Waals surface area contributed by atoms with Crippen LogP contribution in [0, 0.1) is 11.8 Å². The number of aromatic nitrogens is 3. The number of hydrogen-bond acceptors (Lipinski definition) is 2. The first-order chi connectivity index (χ1) is 8.09. The molecule has 1 radical (unpaired) electrons. The summed E-state index contributed by atoms with van der Waals surface area (Å²) in [5.74, 6) is 2.61. The molecule has 0 N–H and O–H groups in total. The fourth-order valence-corrected chi connectivity index (χ4v) is 1.04. The van der Waals surface area contributed by atoms with Gasteiger partial charge in [0, 0.05) is 24.8 Å². The van der Waals surface area contributed by atoms with Gasteiger partial charge in [-0.1, -0.05) is 59.2 Å². The first-order valence-corrected chi connectivity index (χ1v) is 6.82. The molecule has 0 saturated heterocycles. The Bertz CT molecular complexity index is 338. The van der Waals surface area contributed by atoms with Crippen molar-refractivity contribution in [1.82, 2.24) is 15.0 Å². The van der Waals surface area contributed by atoms with Crippen LogP contribution in [0.3, 0.4) is 0 Å². The Morgan fingerprint density at radius 2 is 1.53 bits per heavy atom. The minimum atomic E-state index is -0.0415. The Kier molecular flexibility index (Phi) is 9.75. The van der Waals surface area contributed by atoms with E-state index in [0.717, 1.165) is 11.6 Å². The number of rotatable bonds is 3. The van der Waals surface area contributed by atoms with Crippen molar-refractivity contribution >= 4 is 0 Å². The predicted molar refractivity (Wildman–Crippen MR) is 78.5 cm³/mol. The second kappa shape index (κ2) is 8.81. The molecular formula is C15H30N3V-. The summed E-state index contributed by atoms with van der Waals surface area (Å²) in [6.45, 7) is 19.3. The SMILES string of the molecule is CC(C)C.C[C-](C)C(C)(C)n1cc(C(C)C)nn1.[V]. The van der Waals surface area contributed by atoms with Gasteiger partial charge >= 0.3 is 0 Å². The molecule has 0 aromatic carbocycles. The first-order valence-electron chi connectivity index (χ1n) is 6.82. The smallest absolute Gasteiger partial charge is 0.0851 e. The topological polar surface area (TPSA) is 30.7 Å². The summed E-state index contributed by atoms with van der Waals surface area (Å²) < 4.78 is 1.94. The van der Waals surface area contributed by atoms with Crippen LogP contribution in [0.25, 0.3) is 0 Å². The van der Waals surface area contributed by atoms with E-state index in [1.807, 2.05) is 10.9 Å². The fourth-order valence-electron chi connectivity index (χ4n) is 1.04. The van der Waals surface area contributed by atoms with Gasteiger partial charge in [-0.25, -0.2) is 0 Å². The predicted octanol–water partition coefficient (Wildman–Crippen LogP) is 4.41. The number of nitrogens with zero attached hydrogens (tertiary/aromatic N) is 3. The van der Waals surface area contributed by atoms with E-state index in [-0.39, 0.29) is 24.1 Å². The molecule has 0 amide bonds. The molecule has 0 saturated carbocycles. The zero-order chi connectivity index (χ0) is 14.5. The van der Waals surface area contributed by atoms with Crippen LogP contribution in [0.2, 0.25) is 0 Å². The van der Waals surface area contributed by atoms with Crippen molar-refractivity contribution in [2.75, 3.05) is 0 Å². The van der Waals surface area contributed by atoms with E-state index in [4.69, 9.17) is 0 Å². The minimum absolute atomic E-state index is 0. The van der Waals surface area contributed by atoms with E-state index in [0.29, 0.717) is 5.92 Å². The van der Waals surface area contributed by atoms with Crippen LogP contribution >= 0.6 is 0 Å².